The SMILES string of the molecule is CCOC(=O)C1CCC(OCN2CCC[C@H]2N2CCC(OC)CC2)CC1. The van der Waals surface area contributed by atoms with Crippen molar-refractivity contribution in [3.05, 3.63) is 0 Å². The molecule has 0 aromatic heterocycles. The Morgan fingerprint density at radius 3 is 2.35 bits per heavy atom. The Bertz CT molecular complexity index is 432. The molecule has 6 heteroatoms. The van der Waals surface area contributed by atoms with Crippen molar-refractivity contribution in [2.45, 2.75) is 76.7 Å². The van der Waals surface area contributed by atoms with E-state index in [1.54, 1.807) is 0 Å². The first kappa shape index (κ1) is 20.1. The second kappa shape index (κ2) is 10.0. The van der Waals surface area contributed by atoms with E-state index in [1.807, 2.05) is 14.0 Å². The van der Waals surface area contributed by atoms with Gasteiger partial charge >= 0.3 is 5.97 Å². The van der Waals surface area contributed by atoms with Gasteiger partial charge in [0, 0.05) is 26.7 Å². The van der Waals surface area contributed by atoms with Gasteiger partial charge in [-0.2, -0.15) is 0 Å². The van der Waals surface area contributed by atoms with Crippen LogP contribution >= 0.6 is 0 Å². The van der Waals surface area contributed by atoms with Gasteiger partial charge in [-0.05, 0) is 58.3 Å². The van der Waals surface area contributed by atoms with Crippen LogP contribution in [-0.2, 0) is 19.0 Å². The van der Waals surface area contributed by atoms with Gasteiger partial charge in [-0.25, -0.2) is 0 Å². The van der Waals surface area contributed by atoms with Crippen molar-refractivity contribution in [3.8, 4) is 0 Å². The summed E-state index contributed by atoms with van der Waals surface area (Å²) in [6.07, 6.45) is 9.79. The lowest BCUT2D eigenvalue weighted by Gasteiger charge is -2.39. The van der Waals surface area contributed by atoms with E-state index in [0.717, 1.165) is 64.9 Å². The first-order valence-electron chi connectivity index (χ1n) is 10.5. The van der Waals surface area contributed by atoms with Crippen molar-refractivity contribution < 1.29 is 19.0 Å². The van der Waals surface area contributed by atoms with E-state index in [-0.39, 0.29) is 11.9 Å². The molecule has 0 spiro atoms. The normalized spacial score (nSPS) is 32.0. The van der Waals surface area contributed by atoms with Crippen molar-refractivity contribution in [2.75, 3.05) is 40.1 Å². The molecule has 2 aliphatic heterocycles. The zero-order valence-electron chi connectivity index (χ0n) is 16.5. The fourth-order valence-corrected chi connectivity index (χ4v) is 4.71. The standard InChI is InChI=1S/C20H36N2O4/c1-3-25-20(23)16-6-8-18(9-7-16)26-15-22-12-4-5-19(22)21-13-10-17(24-2)11-14-21/h16-19H,3-15H2,1-2H3/t16?,18?,19-/m0/s1. The molecule has 0 N–H and O–H groups in total. The predicted octanol–water partition coefficient (Wildman–Crippen LogP) is 2.62. The minimum absolute atomic E-state index is 0.0231. The number of esters is 1. The summed E-state index contributed by atoms with van der Waals surface area (Å²) in [5.74, 6) is 0.0569. The Hall–Kier alpha value is -0.690. The van der Waals surface area contributed by atoms with Crippen LogP contribution in [0.2, 0.25) is 0 Å². The minimum Gasteiger partial charge on any atom is -0.466 e. The molecule has 3 aliphatic rings. The van der Waals surface area contributed by atoms with Gasteiger partial charge in [0.1, 0.15) is 6.73 Å². The van der Waals surface area contributed by atoms with Crippen LogP contribution in [0.15, 0.2) is 0 Å². The number of hydrogen-bond donors (Lipinski definition) is 0. The van der Waals surface area contributed by atoms with Gasteiger partial charge < -0.3 is 14.2 Å². The summed E-state index contributed by atoms with van der Waals surface area (Å²) in [4.78, 5) is 17.0. The lowest BCUT2D eigenvalue weighted by atomic mass is 9.87. The van der Waals surface area contributed by atoms with Crippen LogP contribution in [0.25, 0.3) is 0 Å². The number of carbonyl (C=O) groups is 1. The molecule has 2 heterocycles. The van der Waals surface area contributed by atoms with E-state index in [4.69, 9.17) is 14.2 Å². The van der Waals surface area contributed by atoms with E-state index in [2.05, 4.69) is 9.80 Å². The lowest BCUT2D eigenvalue weighted by molar-refractivity contribution is -0.150. The van der Waals surface area contributed by atoms with Crippen LogP contribution in [0.1, 0.15) is 58.3 Å². The fourth-order valence-electron chi connectivity index (χ4n) is 4.71. The smallest absolute Gasteiger partial charge is 0.308 e. The van der Waals surface area contributed by atoms with Crippen LogP contribution in [0.4, 0.5) is 0 Å². The van der Waals surface area contributed by atoms with E-state index < -0.39 is 0 Å². The number of hydrogen-bond acceptors (Lipinski definition) is 6. The molecule has 1 atom stereocenters. The van der Waals surface area contributed by atoms with Gasteiger partial charge in [0.15, 0.2) is 0 Å². The summed E-state index contributed by atoms with van der Waals surface area (Å²) in [5, 5.41) is 0. The fraction of sp³-hybridized carbons (Fsp3) is 0.950. The maximum absolute atomic E-state index is 11.8. The van der Waals surface area contributed by atoms with Crippen molar-refractivity contribution in [2.24, 2.45) is 5.92 Å². The highest BCUT2D eigenvalue weighted by atomic mass is 16.5. The molecule has 26 heavy (non-hydrogen) atoms. The monoisotopic (exact) mass is 368 g/mol. The van der Waals surface area contributed by atoms with Crippen LogP contribution in [0.5, 0.6) is 0 Å². The van der Waals surface area contributed by atoms with Gasteiger partial charge in [-0.1, -0.05) is 0 Å². The molecular weight excluding hydrogens is 332 g/mol. The Kier molecular flexibility index (Phi) is 7.73. The summed E-state index contributed by atoms with van der Waals surface area (Å²) in [7, 11) is 1.83. The molecule has 0 bridgehead atoms. The van der Waals surface area contributed by atoms with Crippen LogP contribution in [0.3, 0.4) is 0 Å². The molecule has 1 aliphatic carbocycles. The predicted molar refractivity (Wildman–Crippen MR) is 99.7 cm³/mol. The van der Waals surface area contributed by atoms with E-state index in [9.17, 15) is 4.79 Å². The molecule has 0 aromatic rings. The second-order valence-corrected chi connectivity index (χ2v) is 7.93. The molecular formula is C20H36N2O4. The van der Waals surface area contributed by atoms with Crippen molar-refractivity contribution in [1.29, 1.82) is 0 Å². The number of likely N-dealkylation sites (tertiary alicyclic amines) is 2. The van der Waals surface area contributed by atoms with Gasteiger partial charge in [-0.15, -0.1) is 0 Å². The Morgan fingerprint density at radius 1 is 0.962 bits per heavy atom. The van der Waals surface area contributed by atoms with Gasteiger partial charge in [-0.3, -0.25) is 14.6 Å². The molecule has 2 saturated heterocycles. The number of ether oxygens (including phenoxy) is 3. The summed E-state index contributed by atoms with van der Waals surface area (Å²) < 4.78 is 16.9. The number of piperidine rings is 1. The van der Waals surface area contributed by atoms with Crippen molar-refractivity contribution in [3.63, 3.8) is 0 Å². The first-order chi connectivity index (χ1) is 12.7. The van der Waals surface area contributed by atoms with Crippen molar-refractivity contribution in [1.82, 2.24) is 9.80 Å². The Labute approximate surface area is 158 Å². The highest BCUT2D eigenvalue weighted by Crippen LogP contribution is 2.29. The zero-order valence-corrected chi connectivity index (χ0v) is 16.5. The number of carbonyl (C=O) groups excluding carboxylic acids is 1. The average molecular weight is 369 g/mol. The summed E-state index contributed by atoms with van der Waals surface area (Å²) in [6, 6.07) is 0. The molecule has 3 fully saturated rings. The molecule has 3 rings (SSSR count). The molecule has 6 nitrogen and oxygen atoms in total. The first-order valence-corrected chi connectivity index (χ1v) is 10.5. The second-order valence-electron chi connectivity index (χ2n) is 7.93. The van der Waals surface area contributed by atoms with E-state index >= 15 is 0 Å². The molecule has 1 saturated carbocycles. The van der Waals surface area contributed by atoms with Crippen LogP contribution < -0.4 is 0 Å². The topological polar surface area (TPSA) is 51.2 Å². The minimum atomic E-state index is -0.0231. The maximum atomic E-state index is 11.8. The number of methoxy groups -OCH3 is 1. The van der Waals surface area contributed by atoms with Gasteiger partial charge in [0.2, 0.25) is 0 Å². The lowest BCUT2D eigenvalue weighted by Crippen LogP contribution is -2.50. The van der Waals surface area contributed by atoms with Crippen LogP contribution in [0, 0.1) is 5.92 Å². The highest BCUT2D eigenvalue weighted by molar-refractivity contribution is 5.72. The maximum Gasteiger partial charge on any atom is 0.308 e. The number of rotatable bonds is 7. The third-order valence-corrected chi connectivity index (χ3v) is 6.33. The molecule has 0 aromatic carbocycles. The molecule has 150 valence electrons. The molecule has 0 radical (unpaired) electrons. The van der Waals surface area contributed by atoms with Crippen LogP contribution in [-0.4, -0.2) is 74.2 Å². The largest absolute Gasteiger partial charge is 0.466 e. The third kappa shape index (κ3) is 5.18. The zero-order chi connectivity index (χ0) is 18.4. The van der Waals surface area contributed by atoms with Gasteiger partial charge in [0.25, 0.3) is 0 Å². The van der Waals surface area contributed by atoms with E-state index in [1.165, 1.54) is 12.8 Å². The van der Waals surface area contributed by atoms with E-state index in [0.29, 0.717) is 25.0 Å². The summed E-state index contributed by atoms with van der Waals surface area (Å²) in [6.45, 7) is 6.47. The average Bonchev–Trinajstić information content (AvgIpc) is 3.15. The highest BCUT2D eigenvalue weighted by Gasteiger charge is 2.33. The molecule has 0 amide bonds. The Morgan fingerprint density at radius 2 is 1.69 bits per heavy atom. The quantitative estimate of drug-likeness (QED) is 0.644. The summed E-state index contributed by atoms with van der Waals surface area (Å²) in [5.41, 5.74) is 0. The van der Waals surface area contributed by atoms with Crippen molar-refractivity contribution >= 4 is 5.97 Å². The summed E-state index contributed by atoms with van der Waals surface area (Å²) >= 11 is 0. The molecule has 0 unspecified atom stereocenters. The Balaban J connectivity index is 1.38. The third-order valence-electron chi connectivity index (χ3n) is 6.33. The van der Waals surface area contributed by atoms with Gasteiger partial charge in [0.05, 0.1) is 30.9 Å². The number of nitrogens with zero attached hydrogens (tertiary/aromatic N) is 2.